The number of carbonyl (C=O) groups is 1. The van der Waals surface area contributed by atoms with Crippen molar-refractivity contribution >= 4 is 34.3 Å². The number of hydrogen-bond donors (Lipinski definition) is 4. The normalized spacial score (nSPS) is 18.4. The summed E-state index contributed by atoms with van der Waals surface area (Å²) in [5, 5.41) is 20.2. The maximum Gasteiger partial charge on any atom is 0.268 e. The minimum absolute atomic E-state index is 0.199. The predicted octanol–water partition coefficient (Wildman–Crippen LogP) is 1.56. The molecule has 0 saturated carbocycles. The van der Waals surface area contributed by atoms with Gasteiger partial charge in [-0.3, -0.25) is 14.2 Å². The van der Waals surface area contributed by atoms with Gasteiger partial charge in [0.2, 0.25) is 0 Å². The van der Waals surface area contributed by atoms with Gasteiger partial charge in [-0.2, -0.15) is 0 Å². The summed E-state index contributed by atoms with van der Waals surface area (Å²) in [6.45, 7) is 2.70. The highest BCUT2D eigenvalue weighted by atomic mass is 32.2. The number of aromatic hydroxyl groups is 1. The summed E-state index contributed by atoms with van der Waals surface area (Å²) in [6.07, 6.45) is 1.90. The third-order valence-corrected chi connectivity index (χ3v) is 5.49. The Balaban J connectivity index is 2.05. The average molecular weight is 358 g/mol. The van der Waals surface area contributed by atoms with Crippen LogP contribution in [0.2, 0.25) is 0 Å². The number of para-hydroxylation sites is 1. The number of nitrogens with zero attached hydrogens (tertiary/aromatic N) is 1. The number of benzene rings is 1. The van der Waals surface area contributed by atoms with Crippen LogP contribution in [0.15, 0.2) is 34.1 Å². The highest BCUT2D eigenvalue weighted by Crippen LogP contribution is 2.39. The van der Waals surface area contributed by atoms with Gasteiger partial charge in [-0.05, 0) is 19.1 Å². The molecule has 7 nitrogen and oxygen atoms in total. The fraction of sp³-hybridized carbons (Fsp3) is 0.294. The molecule has 1 unspecified atom stereocenters. The Labute approximate surface area is 148 Å². The van der Waals surface area contributed by atoms with Gasteiger partial charge in [0.05, 0.1) is 23.1 Å². The Kier molecular flexibility index (Phi) is 3.84. The molecular formula is C17H18N4O3S. The van der Waals surface area contributed by atoms with Gasteiger partial charge in [0.1, 0.15) is 11.3 Å². The van der Waals surface area contributed by atoms with Gasteiger partial charge in [-0.15, -0.1) is 11.8 Å². The quantitative estimate of drug-likeness (QED) is 0.665. The summed E-state index contributed by atoms with van der Waals surface area (Å²) in [7, 11) is 0. The van der Waals surface area contributed by atoms with Gasteiger partial charge >= 0.3 is 0 Å². The smallest absolute Gasteiger partial charge is 0.268 e. The zero-order valence-corrected chi connectivity index (χ0v) is 14.4. The van der Waals surface area contributed by atoms with Crippen LogP contribution in [0.4, 0.5) is 5.69 Å². The third-order valence-electron chi connectivity index (χ3n) is 4.46. The van der Waals surface area contributed by atoms with Crippen LogP contribution >= 0.6 is 11.8 Å². The first kappa shape index (κ1) is 15.9. The van der Waals surface area contributed by atoms with Crippen LogP contribution in [0.25, 0.3) is 10.9 Å². The maximum absolute atomic E-state index is 13.2. The Morgan fingerprint density at radius 1 is 1.48 bits per heavy atom. The standard InChI is InChI=1S/C17H18N4O3S/c1-2-19-16(23)13-15(22)9-4-3-5-10-14(9)21(17(13)24)11(6-20-10)12-7-18-8-25-12/h3-5,7,11,18,20,22H,2,6,8H2,1H3,(H,19,23). The molecule has 3 heterocycles. The van der Waals surface area contributed by atoms with Crippen molar-refractivity contribution in [3.05, 3.63) is 45.2 Å². The van der Waals surface area contributed by atoms with E-state index in [4.69, 9.17) is 0 Å². The van der Waals surface area contributed by atoms with Gasteiger partial charge < -0.3 is 21.1 Å². The first-order chi connectivity index (χ1) is 12.1. The Bertz CT molecular complexity index is 966. The molecule has 1 atom stereocenters. The fourth-order valence-corrected chi connectivity index (χ4v) is 4.25. The molecule has 4 N–H and O–H groups in total. The second-order valence-corrected chi connectivity index (χ2v) is 6.94. The van der Waals surface area contributed by atoms with Crippen LogP contribution in [-0.4, -0.2) is 34.5 Å². The van der Waals surface area contributed by atoms with Crippen molar-refractivity contribution in [1.82, 2.24) is 15.2 Å². The molecule has 1 amide bonds. The van der Waals surface area contributed by atoms with E-state index in [1.807, 2.05) is 12.3 Å². The molecule has 8 heteroatoms. The van der Waals surface area contributed by atoms with E-state index in [1.165, 1.54) is 0 Å². The SMILES string of the molecule is CCNC(=O)c1c(O)c2cccc3c2n(c1=O)C(C1=CNCS1)CN3. The molecule has 0 aliphatic carbocycles. The van der Waals surface area contributed by atoms with Crippen LogP contribution in [0.3, 0.4) is 0 Å². The van der Waals surface area contributed by atoms with Gasteiger partial charge in [-0.25, -0.2) is 0 Å². The summed E-state index contributed by atoms with van der Waals surface area (Å²) >= 11 is 1.63. The third kappa shape index (κ3) is 2.36. The highest BCUT2D eigenvalue weighted by molar-refractivity contribution is 8.03. The van der Waals surface area contributed by atoms with Gasteiger partial charge in [-0.1, -0.05) is 6.07 Å². The number of thioether (sulfide) groups is 1. The fourth-order valence-electron chi connectivity index (χ4n) is 3.37. The minimum Gasteiger partial charge on any atom is -0.506 e. The number of pyridine rings is 1. The minimum atomic E-state index is -0.551. The van der Waals surface area contributed by atoms with Gasteiger partial charge in [0.25, 0.3) is 11.5 Å². The van der Waals surface area contributed by atoms with E-state index >= 15 is 0 Å². The lowest BCUT2D eigenvalue weighted by atomic mass is 10.0. The summed E-state index contributed by atoms with van der Waals surface area (Å²) in [5.41, 5.74) is 0.737. The number of hydrogen-bond acceptors (Lipinski definition) is 6. The van der Waals surface area contributed by atoms with Crippen LogP contribution in [0.5, 0.6) is 5.75 Å². The molecule has 0 spiro atoms. The summed E-state index contributed by atoms with van der Waals surface area (Å²) < 4.78 is 1.64. The van der Waals surface area contributed by atoms with Crippen molar-refractivity contribution in [2.75, 3.05) is 24.3 Å². The van der Waals surface area contributed by atoms with Crippen molar-refractivity contribution in [2.24, 2.45) is 0 Å². The maximum atomic E-state index is 13.2. The molecule has 1 aromatic heterocycles. The van der Waals surface area contributed by atoms with Gasteiger partial charge in [0.15, 0.2) is 0 Å². The topological polar surface area (TPSA) is 95.4 Å². The lowest BCUT2D eigenvalue weighted by Crippen LogP contribution is -2.39. The molecule has 2 aliphatic heterocycles. The highest BCUT2D eigenvalue weighted by Gasteiger charge is 2.31. The number of amides is 1. The lowest BCUT2D eigenvalue weighted by Gasteiger charge is -2.30. The largest absolute Gasteiger partial charge is 0.506 e. The van der Waals surface area contributed by atoms with E-state index in [1.54, 1.807) is 35.4 Å². The molecule has 1 aromatic carbocycles. The molecule has 25 heavy (non-hydrogen) atoms. The number of carbonyl (C=O) groups excluding carboxylic acids is 1. The first-order valence-corrected chi connectivity index (χ1v) is 9.10. The Morgan fingerprint density at radius 2 is 2.32 bits per heavy atom. The number of anilines is 1. The van der Waals surface area contributed by atoms with Crippen molar-refractivity contribution in [3.63, 3.8) is 0 Å². The molecule has 4 rings (SSSR count). The summed E-state index contributed by atoms with van der Waals surface area (Å²) in [5.74, 6) is -0.0608. The lowest BCUT2D eigenvalue weighted by molar-refractivity contribution is 0.0951. The molecule has 2 aliphatic rings. The Morgan fingerprint density at radius 3 is 3.04 bits per heavy atom. The molecule has 2 aromatic rings. The zero-order chi connectivity index (χ0) is 17.6. The van der Waals surface area contributed by atoms with Crippen molar-refractivity contribution < 1.29 is 9.90 Å². The van der Waals surface area contributed by atoms with Crippen LogP contribution in [0, 0.1) is 0 Å². The van der Waals surface area contributed by atoms with E-state index in [2.05, 4.69) is 16.0 Å². The van der Waals surface area contributed by atoms with Crippen LogP contribution in [0.1, 0.15) is 23.3 Å². The van der Waals surface area contributed by atoms with E-state index in [0.29, 0.717) is 24.0 Å². The number of rotatable bonds is 3. The van der Waals surface area contributed by atoms with Crippen LogP contribution < -0.4 is 21.5 Å². The van der Waals surface area contributed by atoms with Crippen molar-refractivity contribution in [3.8, 4) is 5.75 Å². The average Bonchev–Trinajstić information content (AvgIpc) is 3.14. The van der Waals surface area contributed by atoms with Crippen LogP contribution in [-0.2, 0) is 0 Å². The molecule has 130 valence electrons. The van der Waals surface area contributed by atoms with Crippen molar-refractivity contribution in [2.45, 2.75) is 13.0 Å². The molecule has 0 fully saturated rings. The van der Waals surface area contributed by atoms with E-state index in [0.717, 1.165) is 16.5 Å². The molecule has 0 bridgehead atoms. The molecular weight excluding hydrogens is 340 g/mol. The van der Waals surface area contributed by atoms with Gasteiger partial charge in [0, 0.05) is 29.6 Å². The first-order valence-electron chi connectivity index (χ1n) is 8.12. The van der Waals surface area contributed by atoms with E-state index in [9.17, 15) is 14.7 Å². The summed E-state index contributed by atoms with van der Waals surface area (Å²) in [6, 6.07) is 5.17. The monoisotopic (exact) mass is 358 g/mol. The number of nitrogens with one attached hydrogen (secondary N) is 3. The summed E-state index contributed by atoms with van der Waals surface area (Å²) in [4.78, 5) is 26.6. The molecule has 0 radical (unpaired) electrons. The Hall–Kier alpha value is -2.61. The predicted molar refractivity (Wildman–Crippen MR) is 99.1 cm³/mol. The second-order valence-electron chi connectivity index (χ2n) is 5.90. The van der Waals surface area contributed by atoms with E-state index < -0.39 is 11.5 Å². The van der Waals surface area contributed by atoms with Crippen molar-refractivity contribution in [1.29, 1.82) is 0 Å². The molecule has 0 saturated heterocycles. The van der Waals surface area contributed by atoms with E-state index in [-0.39, 0.29) is 17.4 Å². The second kappa shape index (κ2) is 6.03. The zero-order valence-electron chi connectivity index (χ0n) is 13.6. The number of aromatic nitrogens is 1.